The number of hydrogen-bond acceptors (Lipinski definition) is 7. The Morgan fingerprint density at radius 1 is 1.35 bits per heavy atom. The maximum Gasteiger partial charge on any atom is 0.344 e. The summed E-state index contributed by atoms with van der Waals surface area (Å²) in [5.74, 6) is 0.667. The van der Waals surface area contributed by atoms with Gasteiger partial charge < -0.3 is 23.9 Å². The molecule has 0 radical (unpaired) electrons. The third kappa shape index (κ3) is 2.87. The summed E-state index contributed by atoms with van der Waals surface area (Å²) in [7, 11) is 1.54. The number of hydrogen-bond donors (Lipinski definition) is 1. The lowest BCUT2D eigenvalue weighted by Gasteiger charge is -2.10. The predicted octanol–water partition coefficient (Wildman–Crippen LogP) is 2.13. The molecule has 23 heavy (non-hydrogen) atoms. The van der Waals surface area contributed by atoms with Crippen LogP contribution in [0.3, 0.4) is 0 Å². The first-order valence-electron chi connectivity index (χ1n) is 6.94. The lowest BCUT2D eigenvalue weighted by molar-refractivity contribution is 0.0520. The highest BCUT2D eigenvalue weighted by Crippen LogP contribution is 2.35. The fourth-order valence-corrected chi connectivity index (χ4v) is 3.01. The molecule has 0 unspecified atom stereocenters. The fraction of sp³-hybridized carbons (Fsp3) is 0.333. The maximum atomic E-state index is 12.8. The summed E-state index contributed by atoms with van der Waals surface area (Å²) < 4.78 is 20.6. The summed E-state index contributed by atoms with van der Waals surface area (Å²) in [6.07, 6.45) is 0. The van der Waals surface area contributed by atoms with Crippen LogP contribution in [0.2, 0.25) is 0 Å². The lowest BCUT2D eigenvalue weighted by Crippen LogP contribution is -2.20. The molecule has 0 atom stereocenters. The molecular weight excluding hydrogens is 322 g/mol. The first-order chi connectivity index (χ1) is 11.2. The van der Waals surface area contributed by atoms with Gasteiger partial charge in [-0.1, -0.05) is 11.8 Å². The normalized spacial score (nSPS) is 12.6. The molecule has 0 bridgehead atoms. The van der Waals surface area contributed by atoms with Crippen LogP contribution < -0.4 is 14.9 Å². The molecule has 0 saturated carbocycles. The van der Waals surface area contributed by atoms with Gasteiger partial charge in [0.1, 0.15) is 5.56 Å². The van der Waals surface area contributed by atoms with E-state index in [-0.39, 0.29) is 19.0 Å². The van der Waals surface area contributed by atoms with Crippen molar-refractivity contribution in [3.05, 3.63) is 27.9 Å². The van der Waals surface area contributed by atoms with Gasteiger partial charge in [-0.05, 0) is 13.0 Å². The van der Waals surface area contributed by atoms with E-state index in [9.17, 15) is 9.59 Å². The van der Waals surface area contributed by atoms with Crippen molar-refractivity contribution >= 4 is 28.6 Å². The van der Waals surface area contributed by atoms with E-state index in [0.29, 0.717) is 33.4 Å². The molecular formula is C15H15NO6S. The van der Waals surface area contributed by atoms with Crippen LogP contribution in [0.15, 0.2) is 22.0 Å². The van der Waals surface area contributed by atoms with Crippen molar-refractivity contribution in [2.45, 2.75) is 11.9 Å². The number of rotatable bonds is 5. The van der Waals surface area contributed by atoms with Crippen molar-refractivity contribution in [1.82, 2.24) is 4.98 Å². The summed E-state index contributed by atoms with van der Waals surface area (Å²) in [6.45, 7) is 1.98. The molecule has 0 aliphatic carbocycles. The van der Waals surface area contributed by atoms with Gasteiger partial charge in [0, 0.05) is 13.2 Å². The molecule has 0 saturated heterocycles. The molecule has 0 fully saturated rings. The zero-order chi connectivity index (χ0) is 16.4. The van der Waals surface area contributed by atoms with E-state index in [1.807, 2.05) is 0 Å². The van der Waals surface area contributed by atoms with E-state index in [1.165, 1.54) is 18.9 Å². The Kier molecular flexibility index (Phi) is 4.44. The largest absolute Gasteiger partial charge is 0.462 e. The fourth-order valence-electron chi connectivity index (χ4n) is 2.27. The minimum Gasteiger partial charge on any atom is -0.462 e. The van der Waals surface area contributed by atoms with E-state index in [1.54, 1.807) is 19.1 Å². The third-order valence-corrected chi connectivity index (χ3v) is 4.21. The van der Waals surface area contributed by atoms with Crippen molar-refractivity contribution in [1.29, 1.82) is 0 Å². The summed E-state index contributed by atoms with van der Waals surface area (Å²) in [5.41, 5.74) is 0.125. The number of fused-ring (bicyclic) bond motifs is 2. The lowest BCUT2D eigenvalue weighted by atomic mass is 10.1. The molecule has 2 heterocycles. The zero-order valence-electron chi connectivity index (χ0n) is 12.6. The molecule has 1 aliphatic rings. The zero-order valence-corrected chi connectivity index (χ0v) is 13.5. The average molecular weight is 337 g/mol. The second-order valence-electron chi connectivity index (χ2n) is 4.68. The first-order valence-corrected chi connectivity index (χ1v) is 7.92. The highest BCUT2D eigenvalue weighted by Gasteiger charge is 2.23. The number of esters is 1. The van der Waals surface area contributed by atoms with Crippen LogP contribution in [0.1, 0.15) is 17.3 Å². The van der Waals surface area contributed by atoms with E-state index in [0.717, 1.165) is 0 Å². The van der Waals surface area contributed by atoms with Gasteiger partial charge >= 0.3 is 5.97 Å². The number of methoxy groups -OCH3 is 1. The van der Waals surface area contributed by atoms with Crippen LogP contribution in [0.4, 0.5) is 0 Å². The monoisotopic (exact) mass is 337 g/mol. The Morgan fingerprint density at radius 2 is 2.09 bits per heavy atom. The van der Waals surface area contributed by atoms with Gasteiger partial charge in [-0.15, -0.1) is 0 Å². The summed E-state index contributed by atoms with van der Waals surface area (Å²) >= 11 is 1.21. The van der Waals surface area contributed by atoms with Gasteiger partial charge in [-0.2, -0.15) is 0 Å². The molecule has 1 aliphatic heterocycles. The van der Waals surface area contributed by atoms with Crippen molar-refractivity contribution < 1.29 is 23.7 Å². The first kappa shape index (κ1) is 15.7. The second-order valence-corrected chi connectivity index (χ2v) is 5.61. The van der Waals surface area contributed by atoms with Crippen LogP contribution in [-0.2, 0) is 9.47 Å². The molecule has 7 nitrogen and oxygen atoms in total. The quantitative estimate of drug-likeness (QED) is 0.508. The Bertz CT molecular complexity index is 816. The SMILES string of the molecule is CCOC(=O)c1c(SCOC)[nH]c2cc3c(cc2c1=O)OCO3. The molecule has 2 aromatic rings. The Morgan fingerprint density at radius 3 is 2.78 bits per heavy atom. The number of pyridine rings is 1. The molecule has 1 aromatic carbocycles. The number of carbonyl (C=O) groups excluding carboxylic acids is 1. The van der Waals surface area contributed by atoms with Crippen molar-refractivity contribution in [2.75, 3.05) is 26.4 Å². The summed E-state index contributed by atoms with van der Waals surface area (Å²) in [5, 5.41) is 0.751. The third-order valence-electron chi connectivity index (χ3n) is 3.26. The predicted molar refractivity (Wildman–Crippen MR) is 84.4 cm³/mol. The number of H-pyrrole nitrogens is 1. The van der Waals surface area contributed by atoms with E-state index >= 15 is 0 Å². The Balaban J connectivity index is 2.21. The number of aromatic amines is 1. The number of nitrogens with one attached hydrogen (secondary N) is 1. The summed E-state index contributed by atoms with van der Waals surface area (Å²) in [4.78, 5) is 28.0. The number of thioether (sulfide) groups is 1. The van der Waals surface area contributed by atoms with Crippen LogP contribution in [0, 0.1) is 0 Å². The second kappa shape index (κ2) is 6.51. The minimum absolute atomic E-state index is 0.0275. The minimum atomic E-state index is -0.660. The van der Waals surface area contributed by atoms with Crippen LogP contribution in [0.25, 0.3) is 10.9 Å². The van der Waals surface area contributed by atoms with Crippen molar-refractivity contribution in [3.8, 4) is 11.5 Å². The van der Waals surface area contributed by atoms with Crippen LogP contribution in [0.5, 0.6) is 11.5 Å². The average Bonchev–Trinajstić information content (AvgIpc) is 2.98. The Labute approximate surface area is 135 Å². The molecule has 8 heteroatoms. The van der Waals surface area contributed by atoms with Gasteiger partial charge in [-0.3, -0.25) is 4.79 Å². The molecule has 1 N–H and O–H groups in total. The molecule has 3 rings (SSSR count). The highest BCUT2D eigenvalue weighted by molar-refractivity contribution is 7.99. The van der Waals surface area contributed by atoms with E-state index in [2.05, 4.69) is 4.98 Å². The number of carbonyl (C=O) groups is 1. The van der Waals surface area contributed by atoms with E-state index in [4.69, 9.17) is 18.9 Å². The van der Waals surface area contributed by atoms with E-state index < -0.39 is 11.4 Å². The molecule has 122 valence electrons. The van der Waals surface area contributed by atoms with Gasteiger partial charge in [0.2, 0.25) is 12.2 Å². The van der Waals surface area contributed by atoms with Gasteiger partial charge in [-0.25, -0.2) is 4.79 Å². The van der Waals surface area contributed by atoms with Crippen LogP contribution in [-0.4, -0.2) is 37.4 Å². The van der Waals surface area contributed by atoms with Crippen molar-refractivity contribution in [3.63, 3.8) is 0 Å². The number of ether oxygens (including phenoxy) is 4. The standard InChI is InChI=1S/C15H15NO6S/c1-3-20-15(18)12-13(17)8-4-10-11(22-6-21-10)5-9(8)16-14(12)23-7-19-2/h4-5H,3,6-7H2,1-2H3,(H,16,17). The molecule has 1 aromatic heterocycles. The highest BCUT2D eigenvalue weighted by atomic mass is 32.2. The van der Waals surface area contributed by atoms with Gasteiger partial charge in [0.05, 0.1) is 28.5 Å². The smallest absolute Gasteiger partial charge is 0.344 e. The number of benzene rings is 1. The van der Waals surface area contributed by atoms with Gasteiger partial charge in [0.15, 0.2) is 11.5 Å². The number of aromatic nitrogens is 1. The molecule has 0 amide bonds. The Hall–Kier alpha value is -2.19. The summed E-state index contributed by atoms with van der Waals surface area (Å²) in [6, 6.07) is 3.26. The topological polar surface area (TPSA) is 86.9 Å². The molecule has 0 spiro atoms. The van der Waals surface area contributed by atoms with Crippen LogP contribution >= 0.6 is 11.8 Å². The van der Waals surface area contributed by atoms with Gasteiger partial charge in [0.25, 0.3) is 0 Å². The van der Waals surface area contributed by atoms with Crippen molar-refractivity contribution in [2.24, 2.45) is 0 Å². The maximum absolute atomic E-state index is 12.8.